The van der Waals surface area contributed by atoms with Crippen molar-refractivity contribution in [1.82, 2.24) is 25.4 Å². The van der Waals surface area contributed by atoms with Gasteiger partial charge in [0.05, 0.1) is 0 Å². The Hall–Kier alpha value is -1.37. The number of unbranched alkanes of at least 4 members (excludes halogenated alkanes) is 1. The van der Waals surface area contributed by atoms with E-state index in [0.29, 0.717) is 5.15 Å². The standard InChI is InChI=1S/C18H31ClN6/c1-20-18(22-9-7-16-5-6-17(19)23-15-16)21-8-3-4-10-25-13-11-24(2)12-14-25/h5-6,15H,3-4,7-14H2,1-2H3,(H2,20,21,22). The molecular formula is C18H31ClN6. The van der Waals surface area contributed by atoms with E-state index in [0.717, 1.165) is 31.9 Å². The molecule has 0 spiro atoms. The Morgan fingerprint density at radius 1 is 1.16 bits per heavy atom. The minimum absolute atomic E-state index is 0.533. The number of rotatable bonds is 8. The number of pyridine rings is 1. The summed E-state index contributed by atoms with van der Waals surface area (Å²) in [5.41, 5.74) is 1.17. The van der Waals surface area contributed by atoms with Gasteiger partial charge in [-0.1, -0.05) is 17.7 Å². The number of aliphatic imine (C=N–C) groups is 1. The van der Waals surface area contributed by atoms with E-state index in [2.05, 4.69) is 37.5 Å². The predicted molar refractivity (Wildman–Crippen MR) is 105 cm³/mol. The van der Waals surface area contributed by atoms with Crippen LogP contribution in [0.25, 0.3) is 0 Å². The van der Waals surface area contributed by atoms with Crippen molar-refractivity contribution >= 4 is 17.6 Å². The zero-order valence-electron chi connectivity index (χ0n) is 15.5. The van der Waals surface area contributed by atoms with Gasteiger partial charge in [0, 0.05) is 52.5 Å². The van der Waals surface area contributed by atoms with Crippen LogP contribution in [-0.4, -0.2) is 80.7 Å². The molecule has 0 aromatic carbocycles. The number of hydrogen-bond acceptors (Lipinski definition) is 4. The van der Waals surface area contributed by atoms with E-state index >= 15 is 0 Å². The molecule has 1 fully saturated rings. The first-order valence-electron chi connectivity index (χ1n) is 9.13. The van der Waals surface area contributed by atoms with Crippen molar-refractivity contribution in [3.63, 3.8) is 0 Å². The maximum Gasteiger partial charge on any atom is 0.190 e. The molecule has 0 unspecified atom stereocenters. The Balaban J connectivity index is 1.52. The molecule has 2 rings (SSSR count). The minimum Gasteiger partial charge on any atom is -0.356 e. The van der Waals surface area contributed by atoms with E-state index in [1.165, 1.54) is 44.7 Å². The van der Waals surface area contributed by atoms with Crippen LogP contribution in [0.3, 0.4) is 0 Å². The Morgan fingerprint density at radius 3 is 2.60 bits per heavy atom. The Morgan fingerprint density at radius 2 is 1.92 bits per heavy atom. The van der Waals surface area contributed by atoms with Gasteiger partial charge >= 0.3 is 0 Å². The van der Waals surface area contributed by atoms with Crippen molar-refractivity contribution < 1.29 is 0 Å². The lowest BCUT2D eigenvalue weighted by atomic mass is 10.2. The quantitative estimate of drug-likeness (QED) is 0.316. The first-order chi connectivity index (χ1) is 12.2. The smallest absolute Gasteiger partial charge is 0.190 e. The first kappa shape index (κ1) is 19.9. The number of nitrogens with one attached hydrogen (secondary N) is 2. The molecular weight excluding hydrogens is 336 g/mol. The highest BCUT2D eigenvalue weighted by atomic mass is 35.5. The maximum atomic E-state index is 5.80. The minimum atomic E-state index is 0.533. The molecule has 25 heavy (non-hydrogen) atoms. The summed E-state index contributed by atoms with van der Waals surface area (Å²) in [5, 5.41) is 7.26. The molecule has 2 N–H and O–H groups in total. The average molecular weight is 367 g/mol. The molecule has 0 atom stereocenters. The van der Waals surface area contributed by atoms with Crippen molar-refractivity contribution in [1.29, 1.82) is 0 Å². The number of hydrogen-bond donors (Lipinski definition) is 2. The number of piperazine rings is 1. The molecule has 2 heterocycles. The zero-order valence-corrected chi connectivity index (χ0v) is 16.2. The lowest BCUT2D eigenvalue weighted by Gasteiger charge is -2.32. The fraction of sp³-hybridized carbons (Fsp3) is 0.667. The average Bonchev–Trinajstić information content (AvgIpc) is 2.63. The van der Waals surface area contributed by atoms with Crippen LogP contribution < -0.4 is 10.6 Å². The summed E-state index contributed by atoms with van der Waals surface area (Å²) < 4.78 is 0. The largest absolute Gasteiger partial charge is 0.356 e. The number of halogens is 1. The monoisotopic (exact) mass is 366 g/mol. The van der Waals surface area contributed by atoms with E-state index in [-0.39, 0.29) is 0 Å². The molecule has 1 aliphatic rings. The number of guanidine groups is 1. The van der Waals surface area contributed by atoms with Crippen molar-refractivity contribution in [2.75, 3.05) is 59.9 Å². The van der Waals surface area contributed by atoms with Crippen LogP contribution >= 0.6 is 11.6 Å². The molecule has 6 nitrogen and oxygen atoms in total. The number of nitrogens with zero attached hydrogens (tertiary/aromatic N) is 4. The van der Waals surface area contributed by atoms with E-state index in [1.54, 1.807) is 0 Å². The highest BCUT2D eigenvalue weighted by molar-refractivity contribution is 6.29. The lowest BCUT2D eigenvalue weighted by molar-refractivity contribution is 0.152. The SMILES string of the molecule is CN=C(NCCCCN1CCN(C)CC1)NCCc1ccc(Cl)nc1. The van der Waals surface area contributed by atoms with Crippen LogP contribution in [0.2, 0.25) is 5.15 Å². The van der Waals surface area contributed by atoms with E-state index in [1.807, 2.05) is 25.4 Å². The third-order valence-corrected chi connectivity index (χ3v) is 4.73. The molecule has 1 aromatic rings. The summed E-state index contributed by atoms with van der Waals surface area (Å²) in [5.74, 6) is 0.863. The molecule has 0 radical (unpaired) electrons. The fourth-order valence-corrected chi connectivity index (χ4v) is 2.95. The molecule has 1 saturated heterocycles. The molecule has 7 heteroatoms. The second kappa shape index (κ2) is 11.3. The van der Waals surface area contributed by atoms with Gasteiger partial charge in [-0.3, -0.25) is 4.99 Å². The van der Waals surface area contributed by atoms with Gasteiger partial charge in [-0.15, -0.1) is 0 Å². The molecule has 1 aliphatic heterocycles. The van der Waals surface area contributed by atoms with Gasteiger partial charge in [0.25, 0.3) is 0 Å². The predicted octanol–water partition coefficient (Wildman–Crippen LogP) is 1.47. The Bertz CT molecular complexity index is 511. The summed E-state index contributed by atoms with van der Waals surface area (Å²) in [6, 6.07) is 3.83. The van der Waals surface area contributed by atoms with E-state index in [9.17, 15) is 0 Å². The highest BCUT2D eigenvalue weighted by Gasteiger charge is 2.12. The van der Waals surface area contributed by atoms with Gasteiger partial charge in [0.1, 0.15) is 5.15 Å². The van der Waals surface area contributed by atoms with Gasteiger partial charge < -0.3 is 20.4 Å². The molecule has 0 bridgehead atoms. The third kappa shape index (κ3) is 8.03. The summed E-state index contributed by atoms with van der Waals surface area (Å²) in [6.07, 6.45) is 5.10. The summed E-state index contributed by atoms with van der Waals surface area (Å²) in [6.45, 7) is 7.76. The zero-order chi connectivity index (χ0) is 17.9. The second-order valence-electron chi connectivity index (χ2n) is 6.52. The first-order valence-corrected chi connectivity index (χ1v) is 9.51. The summed E-state index contributed by atoms with van der Waals surface area (Å²) in [7, 11) is 4.01. The van der Waals surface area contributed by atoms with Crippen molar-refractivity contribution in [3.8, 4) is 0 Å². The van der Waals surface area contributed by atoms with Crippen LogP contribution in [-0.2, 0) is 6.42 Å². The molecule has 0 aliphatic carbocycles. The molecule has 140 valence electrons. The van der Waals surface area contributed by atoms with Gasteiger partial charge in [-0.05, 0) is 44.5 Å². The van der Waals surface area contributed by atoms with Gasteiger partial charge in [0.15, 0.2) is 5.96 Å². The van der Waals surface area contributed by atoms with Gasteiger partial charge in [0.2, 0.25) is 0 Å². The normalized spacial score (nSPS) is 16.8. The summed E-state index contributed by atoms with van der Waals surface area (Å²) in [4.78, 5) is 13.3. The maximum absolute atomic E-state index is 5.80. The van der Waals surface area contributed by atoms with Crippen molar-refractivity contribution in [2.45, 2.75) is 19.3 Å². The topological polar surface area (TPSA) is 55.8 Å². The second-order valence-corrected chi connectivity index (χ2v) is 6.90. The van der Waals surface area contributed by atoms with Gasteiger partial charge in [-0.2, -0.15) is 0 Å². The highest BCUT2D eigenvalue weighted by Crippen LogP contribution is 2.05. The third-order valence-electron chi connectivity index (χ3n) is 4.51. The van der Waals surface area contributed by atoms with Crippen molar-refractivity contribution in [3.05, 3.63) is 29.0 Å². The van der Waals surface area contributed by atoms with Crippen LogP contribution in [0.5, 0.6) is 0 Å². The summed E-state index contributed by atoms with van der Waals surface area (Å²) >= 11 is 5.80. The van der Waals surface area contributed by atoms with E-state index in [4.69, 9.17) is 11.6 Å². The Kier molecular flexibility index (Phi) is 9.00. The van der Waals surface area contributed by atoms with E-state index < -0.39 is 0 Å². The Labute approximate surface area is 156 Å². The van der Waals surface area contributed by atoms with Crippen LogP contribution in [0, 0.1) is 0 Å². The molecule has 0 amide bonds. The molecule has 0 saturated carbocycles. The van der Waals surface area contributed by atoms with Gasteiger partial charge in [-0.25, -0.2) is 4.98 Å². The number of likely N-dealkylation sites (N-methyl/N-ethyl adjacent to an activating group) is 1. The van der Waals surface area contributed by atoms with Crippen LogP contribution in [0.4, 0.5) is 0 Å². The van der Waals surface area contributed by atoms with Crippen LogP contribution in [0.15, 0.2) is 23.3 Å². The fourth-order valence-electron chi connectivity index (χ4n) is 2.84. The van der Waals surface area contributed by atoms with Crippen LogP contribution in [0.1, 0.15) is 18.4 Å². The van der Waals surface area contributed by atoms with Crippen molar-refractivity contribution in [2.24, 2.45) is 4.99 Å². The number of aromatic nitrogens is 1. The molecule has 1 aromatic heterocycles. The lowest BCUT2D eigenvalue weighted by Crippen LogP contribution is -2.44.